The van der Waals surface area contributed by atoms with Crippen LogP contribution in [0.25, 0.3) is 0 Å². The van der Waals surface area contributed by atoms with Crippen molar-refractivity contribution in [2.45, 2.75) is 31.3 Å². The van der Waals surface area contributed by atoms with Crippen LogP contribution in [0.3, 0.4) is 0 Å². The maximum Gasteiger partial charge on any atom is 0.285 e. The second-order valence-corrected chi connectivity index (χ2v) is 7.87. The molecule has 0 spiro atoms. The molecule has 0 saturated heterocycles. The van der Waals surface area contributed by atoms with Crippen LogP contribution in [0.2, 0.25) is 0 Å². The molecule has 174 valence electrons. The number of allylic oxidation sites excluding steroid dienone is 1. The monoisotopic (exact) mass is 458 g/mol. The molecule has 7 N–H and O–H groups in total. The van der Waals surface area contributed by atoms with Gasteiger partial charge in [-0.15, -0.1) is 0 Å². The number of benzene rings is 2. The Morgan fingerprint density at radius 2 is 1.42 bits per heavy atom. The van der Waals surface area contributed by atoms with Gasteiger partial charge in [-0.3, -0.25) is 14.4 Å². The van der Waals surface area contributed by atoms with Crippen molar-refractivity contribution in [2.24, 2.45) is 5.92 Å². The number of aliphatic hydroxyl groups is 4. The Morgan fingerprint density at radius 1 is 0.848 bits per heavy atom. The minimum absolute atomic E-state index is 0.265. The molecule has 2 aromatic rings. The van der Waals surface area contributed by atoms with Gasteiger partial charge in [0.25, 0.3) is 11.6 Å². The Hall–Kier alpha value is -3.57. The van der Waals surface area contributed by atoms with E-state index >= 15 is 0 Å². The molecule has 0 bridgehead atoms. The molecule has 2 unspecified atom stereocenters. The Kier molecular flexibility index (Phi) is 5.90. The van der Waals surface area contributed by atoms with Crippen molar-refractivity contribution in [1.82, 2.24) is 0 Å². The number of phenolic OH excluding ortho intramolecular Hbond substituents is 3. The van der Waals surface area contributed by atoms with Gasteiger partial charge in [-0.2, -0.15) is 0 Å². The number of carbonyl (C=O) groups excluding carboxylic acids is 3. The molecule has 10 heteroatoms. The molecule has 10 nitrogen and oxygen atoms in total. The number of aromatic hydroxyl groups is 3. The van der Waals surface area contributed by atoms with Crippen molar-refractivity contribution in [2.75, 3.05) is 0 Å². The molecule has 1 aliphatic rings. The van der Waals surface area contributed by atoms with Crippen LogP contribution >= 0.6 is 0 Å². The summed E-state index contributed by atoms with van der Waals surface area (Å²) in [5, 5.41) is 71.9. The van der Waals surface area contributed by atoms with Crippen molar-refractivity contribution in [3.63, 3.8) is 0 Å². The minimum atomic E-state index is -3.81. The fraction of sp³-hybridized carbons (Fsp3) is 0.261. The summed E-state index contributed by atoms with van der Waals surface area (Å²) in [6, 6.07) is 8.75. The molecular formula is C23H22O10. The van der Waals surface area contributed by atoms with Crippen LogP contribution in [0.1, 0.15) is 41.3 Å². The average molecular weight is 458 g/mol. The Balaban J connectivity index is 2.40. The molecule has 3 rings (SSSR count). The number of phenols is 3. The Labute approximate surface area is 187 Å². The molecule has 2 aromatic carbocycles. The number of hydrogen-bond donors (Lipinski definition) is 7. The van der Waals surface area contributed by atoms with Crippen LogP contribution < -0.4 is 0 Å². The largest absolute Gasteiger partial charge is 0.504 e. The lowest BCUT2D eigenvalue weighted by Gasteiger charge is -2.42. The Morgan fingerprint density at radius 3 is 1.94 bits per heavy atom. The molecular weight excluding hydrogens is 436 g/mol. The first kappa shape index (κ1) is 24.1. The number of ketones is 3. The molecule has 0 amide bonds. The van der Waals surface area contributed by atoms with E-state index in [1.54, 1.807) is 18.2 Å². The van der Waals surface area contributed by atoms with Gasteiger partial charge in [0, 0.05) is 11.5 Å². The van der Waals surface area contributed by atoms with Crippen LogP contribution in [0.5, 0.6) is 17.2 Å². The maximum atomic E-state index is 13.1. The SMILES string of the molecule is CC(=O)C1=CC(C(c2ccccc2)c2cc(C(C)=O)c(O)c(O)c2O)C(=O)C(O)(O)C1(O)O. The van der Waals surface area contributed by atoms with Crippen LogP contribution in [0.4, 0.5) is 0 Å². The topological polar surface area (TPSA) is 193 Å². The predicted octanol–water partition coefficient (Wildman–Crippen LogP) is 0.214. The highest BCUT2D eigenvalue weighted by Gasteiger charge is 2.62. The first-order valence-corrected chi connectivity index (χ1v) is 9.74. The lowest BCUT2D eigenvalue weighted by molar-refractivity contribution is -0.321. The highest BCUT2D eigenvalue weighted by molar-refractivity contribution is 6.03. The zero-order chi connectivity index (χ0) is 24.9. The molecule has 0 aromatic heterocycles. The van der Waals surface area contributed by atoms with E-state index in [2.05, 4.69) is 0 Å². The fourth-order valence-corrected chi connectivity index (χ4v) is 3.99. The number of Topliss-reactive ketones (excluding diaryl/α,β-unsaturated/α-hetero) is 3. The second-order valence-electron chi connectivity index (χ2n) is 7.87. The summed E-state index contributed by atoms with van der Waals surface area (Å²) in [4.78, 5) is 37.1. The number of rotatable bonds is 5. The normalized spacial score (nSPS) is 20.1. The van der Waals surface area contributed by atoms with Crippen molar-refractivity contribution < 1.29 is 50.1 Å². The van der Waals surface area contributed by atoms with E-state index in [9.17, 15) is 50.1 Å². The molecule has 0 aliphatic heterocycles. The quantitative estimate of drug-likeness (QED) is 0.185. The van der Waals surface area contributed by atoms with Gasteiger partial charge in [0.1, 0.15) is 0 Å². The van der Waals surface area contributed by atoms with Gasteiger partial charge in [-0.1, -0.05) is 36.4 Å². The average Bonchev–Trinajstić information content (AvgIpc) is 2.74. The van der Waals surface area contributed by atoms with Gasteiger partial charge in [0.2, 0.25) is 11.5 Å². The summed E-state index contributed by atoms with van der Waals surface area (Å²) in [7, 11) is 0. The lowest BCUT2D eigenvalue weighted by Crippen LogP contribution is -2.65. The predicted molar refractivity (Wildman–Crippen MR) is 111 cm³/mol. The zero-order valence-electron chi connectivity index (χ0n) is 17.6. The molecule has 0 heterocycles. The highest BCUT2D eigenvalue weighted by atomic mass is 16.6. The molecule has 33 heavy (non-hydrogen) atoms. The summed E-state index contributed by atoms with van der Waals surface area (Å²) >= 11 is 0. The van der Waals surface area contributed by atoms with Crippen LogP contribution in [0.15, 0.2) is 48.0 Å². The first-order chi connectivity index (χ1) is 15.2. The maximum absolute atomic E-state index is 13.1. The van der Waals surface area contributed by atoms with Gasteiger partial charge in [-0.25, -0.2) is 0 Å². The number of carbonyl (C=O) groups is 3. The standard InChI is InChI=1S/C23H22O10/c1-10(24)13-8-14(19(27)20(28)18(13)26)17(12-6-4-3-5-7-12)15-9-16(11(2)25)22(30,31)23(32,33)21(15)29/h3-9,15,17,26-28,30-33H,1-2H3. The third kappa shape index (κ3) is 3.68. The van der Waals surface area contributed by atoms with Gasteiger partial charge in [0.05, 0.1) is 17.1 Å². The highest BCUT2D eigenvalue weighted by Crippen LogP contribution is 2.49. The van der Waals surface area contributed by atoms with Gasteiger partial charge < -0.3 is 35.7 Å². The zero-order valence-corrected chi connectivity index (χ0v) is 17.6. The summed E-state index contributed by atoms with van der Waals surface area (Å²) in [6.45, 7) is 2.01. The summed E-state index contributed by atoms with van der Waals surface area (Å²) in [5.41, 5.74) is -1.27. The van der Waals surface area contributed by atoms with Crippen molar-refractivity contribution in [3.8, 4) is 17.2 Å². The smallest absolute Gasteiger partial charge is 0.285 e. The van der Waals surface area contributed by atoms with E-state index in [-0.39, 0.29) is 11.1 Å². The van der Waals surface area contributed by atoms with Crippen LogP contribution in [-0.4, -0.2) is 64.7 Å². The fourth-order valence-electron chi connectivity index (χ4n) is 3.99. The summed E-state index contributed by atoms with van der Waals surface area (Å²) in [6.07, 6.45) is 0.837. The third-order valence-corrected chi connectivity index (χ3v) is 5.74. The van der Waals surface area contributed by atoms with Gasteiger partial charge in [0.15, 0.2) is 23.1 Å². The van der Waals surface area contributed by atoms with Crippen molar-refractivity contribution in [3.05, 3.63) is 64.7 Å². The molecule has 0 fully saturated rings. The lowest BCUT2D eigenvalue weighted by atomic mass is 9.69. The van der Waals surface area contributed by atoms with Crippen molar-refractivity contribution >= 4 is 17.3 Å². The Bertz CT molecular complexity index is 1180. The van der Waals surface area contributed by atoms with Crippen molar-refractivity contribution in [1.29, 1.82) is 0 Å². The molecule has 0 saturated carbocycles. The van der Waals surface area contributed by atoms with E-state index in [1.807, 2.05) is 0 Å². The van der Waals surface area contributed by atoms with E-state index in [0.717, 1.165) is 26.0 Å². The van der Waals surface area contributed by atoms with E-state index in [1.165, 1.54) is 12.1 Å². The summed E-state index contributed by atoms with van der Waals surface area (Å²) < 4.78 is 0. The first-order valence-electron chi connectivity index (χ1n) is 9.74. The van der Waals surface area contributed by atoms with E-state index in [0.29, 0.717) is 0 Å². The van der Waals surface area contributed by atoms with Gasteiger partial charge in [-0.05, 0) is 25.5 Å². The number of hydrogen-bond acceptors (Lipinski definition) is 10. The van der Waals surface area contributed by atoms with Crippen LogP contribution in [0, 0.1) is 5.92 Å². The second kappa shape index (κ2) is 8.09. The molecule has 1 aliphatic carbocycles. The minimum Gasteiger partial charge on any atom is -0.504 e. The molecule has 0 radical (unpaired) electrons. The van der Waals surface area contributed by atoms with E-state index in [4.69, 9.17) is 0 Å². The van der Waals surface area contributed by atoms with Gasteiger partial charge >= 0.3 is 0 Å². The third-order valence-electron chi connectivity index (χ3n) is 5.74. The summed E-state index contributed by atoms with van der Waals surface area (Å²) in [5.74, 6) is -16.5. The van der Waals surface area contributed by atoms with Crippen LogP contribution in [-0.2, 0) is 9.59 Å². The van der Waals surface area contributed by atoms with E-state index < -0.39 is 69.1 Å². The molecule has 2 atom stereocenters.